The first-order chi connectivity index (χ1) is 20.9. The Labute approximate surface area is 246 Å². The SMILES string of the molecule is C[C@@H]1CN(c2cccc(OCc3ccc(C#N)cc3F)n2)CCN1Cc1nc2ccc(C(=O)O)cc2n1Cc1cnco1. The van der Waals surface area contributed by atoms with Gasteiger partial charge in [0.1, 0.15) is 29.8 Å². The second kappa shape index (κ2) is 11.9. The van der Waals surface area contributed by atoms with Crippen LogP contribution in [0.4, 0.5) is 10.2 Å². The van der Waals surface area contributed by atoms with Crippen molar-refractivity contribution < 1.29 is 23.4 Å². The van der Waals surface area contributed by atoms with Crippen LogP contribution in [0.3, 0.4) is 0 Å². The van der Waals surface area contributed by atoms with Crippen molar-refractivity contribution in [3.8, 4) is 11.9 Å². The van der Waals surface area contributed by atoms with Crippen LogP contribution in [0.2, 0.25) is 0 Å². The average Bonchev–Trinajstić information content (AvgIpc) is 3.65. The maximum atomic E-state index is 14.3. The van der Waals surface area contributed by atoms with Gasteiger partial charge in [0.25, 0.3) is 0 Å². The summed E-state index contributed by atoms with van der Waals surface area (Å²) in [6.07, 6.45) is 3.02. The first kappa shape index (κ1) is 27.9. The number of carboxylic acids is 1. The Hall–Kier alpha value is -5.28. The molecule has 5 aromatic rings. The number of piperazine rings is 1. The van der Waals surface area contributed by atoms with Gasteiger partial charge in [0.05, 0.1) is 47.5 Å². The molecule has 4 heterocycles. The van der Waals surface area contributed by atoms with Gasteiger partial charge in [-0.2, -0.15) is 10.2 Å². The monoisotopic (exact) mass is 581 g/mol. The van der Waals surface area contributed by atoms with Gasteiger partial charge in [-0.3, -0.25) is 4.90 Å². The first-order valence-corrected chi connectivity index (χ1v) is 13.7. The quantitative estimate of drug-likeness (QED) is 0.266. The third-order valence-electron chi connectivity index (χ3n) is 7.57. The van der Waals surface area contributed by atoms with Gasteiger partial charge in [-0.1, -0.05) is 12.1 Å². The Morgan fingerprint density at radius 3 is 2.79 bits per heavy atom. The second-order valence-electron chi connectivity index (χ2n) is 10.4. The number of carbonyl (C=O) groups is 1. The van der Waals surface area contributed by atoms with Crippen LogP contribution in [0.1, 0.15) is 40.0 Å². The summed E-state index contributed by atoms with van der Waals surface area (Å²) in [6.45, 7) is 5.27. The van der Waals surface area contributed by atoms with E-state index >= 15 is 0 Å². The van der Waals surface area contributed by atoms with Gasteiger partial charge >= 0.3 is 5.97 Å². The molecule has 218 valence electrons. The predicted octanol–water partition coefficient (Wildman–Crippen LogP) is 4.47. The molecule has 0 unspecified atom stereocenters. The molecule has 6 rings (SSSR count). The number of fused-ring (bicyclic) bond motifs is 1. The topological polar surface area (TPSA) is 134 Å². The lowest BCUT2D eigenvalue weighted by atomic mass is 10.1. The Morgan fingerprint density at radius 1 is 1.16 bits per heavy atom. The Bertz CT molecular complexity index is 1810. The van der Waals surface area contributed by atoms with Crippen LogP contribution in [0.25, 0.3) is 11.0 Å². The van der Waals surface area contributed by atoms with Crippen LogP contribution < -0.4 is 9.64 Å². The fraction of sp³-hybridized carbons (Fsp3) is 0.258. The summed E-state index contributed by atoms with van der Waals surface area (Å²) in [4.78, 5) is 29.7. The molecule has 1 atom stereocenters. The fourth-order valence-electron chi connectivity index (χ4n) is 5.24. The number of pyridine rings is 1. The minimum Gasteiger partial charge on any atom is -0.478 e. The Morgan fingerprint density at radius 2 is 2.05 bits per heavy atom. The number of carboxylic acid groups (broad SMARTS) is 1. The summed E-state index contributed by atoms with van der Waals surface area (Å²) in [5.74, 6) is 1.12. The average molecular weight is 582 g/mol. The molecule has 0 saturated carbocycles. The molecule has 0 aliphatic carbocycles. The molecule has 0 radical (unpaired) electrons. The molecule has 43 heavy (non-hydrogen) atoms. The number of aromatic nitrogens is 4. The molecule has 1 fully saturated rings. The summed E-state index contributed by atoms with van der Waals surface area (Å²) in [5.41, 5.74) is 2.24. The second-order valence-corrected chi connectivity index (χ2v) is 10.4. The number of benzene rings is 2. The zero-order valence-corrected chi connectivity index (χ0v) is 23.4. The lowest BCUT2D eigenvalue weighted by molar-refractivity contribution is 0.0697. The van der Waals surface area contributed by atoms with Crippen molar-refractivity contribution in [2.75, 3.05) is 24.5 Å². The number of nitriles is 1. The van der Waals surface area contributed by atoms with Crippen molar-refractivity contribution in [1.29, 1.82) is 5.26 Å². The number of halogens is 1. The van der Waals surface area contributed by atoms with Gasteiger partial charge in [-0.05, 0) is 43.3 Å². The third-order valence-corrected chi connectivity index (χ3v) is 7.57. The summed E-state index contributed by atoms with van der Waals surface area (Å²) in [7, 11) is 0. The number of oxazole rings is 1. The molecular weight excluding hydrogens is 553 g/mol. The Balaban J connectivity index is 1.15. The van der Waals surface area contributed by atoms with Crippen molar-refractivity contribution in [3.63, 3.8) is 0 Å². The van der Waals surface area contributed by atoms with Gasteiger partial charge in [0, 0.05) is 37.3 Å². The lowest BCUT2D eigenvalue weighted by Crippen LogP contribution is -2.52. The molecule has 1 N–H and O–H groups in total. The first-order valence-electron chi connectivity index (χ1n) is 13.7. The minimum atomic E-state index is -0.995. The lowest BCUT2D eigenvalue weighted by Gasteiger charge is -2.40. The van der Waals surface area contributed by atoms with E-state index in [9.17, 15) is 14.3 Å². The summed E-state index contributed by atoms with van der Waals surface area (Å²) in [5, 5.41) is 18.5. The van der Waals surface area contributed by atoms with Gasteiger partial charge in [-0.15, -0.1) is 0 Å². The van der Waals surface area contributed by atoms with E-state index in [1.807, 2.05) is 22.8 Å². The molecule has 3 aromatic heterocycles. The van der Waals surface area contributed by atoms with Crippen LogP contribution in [-0.4, -0.2) is 61.2 Å². The van der Waals surface area contributed by atoms with E-state index in [1.54, 1.807) is 42.6 Å². The molecule has 1 aliphatic rings. The van der Waals surface area contributed by atoms with Crippen LogP contribution in [0, 0.1) is 17.1 Å². The standard InChI is InChI=1S/C31H28FN7O4/c1-20-15-38(28-3-2-4-30(36-28)42-18-23-6-5-21(13-33)11-25(23)32)10-9-37(20)17-29-35-26-8-7-22(31(40)41)12-27(26)39(29)16-24-14-34-19-43-24/h2-8,11-12,14,19-20H,9-10,15-18H2,1H3,(H,40,41)/t20-/m1/s1. The molecule has 0 amide bonds. The maximum absolute atomic E-state index is 14.3. The van der Waals surface area contributed by atoms with Crippen LogP contribution in [0.5, 0.6) is 5.88 Å². The number of hydrogen-bond acceptors (Lipinski definition) is 9. The molecule has 0 spiro atoms. The smallest absolute Gasteiger partial charge is 0.335 e. The number of ether oxygens (including phenoxy) is 1. The number of imidazole rings is 1. The molecule has 12 heteroatoms. The fourth-order valence-corrected chi connectivity index (χ4v) is 5.24. The summed E-state index contributed by atoms with van der Waals surface area (Å²) in [6, 6.07) is 16.8. The number of rotatable bonds is 9. The molecule has 2 aromatic carbocycles. The highest BCUT2D eigenvalue weighted by molar-refractivity contribution is 5.92. The highest BCUT2D eigenvalue weighted by Gasteiger charge is 2.27. The Kier molecular flexibility index (Phi) is 7.72. The zero-order chi connectivity index (χ0) is 29.9. The predicted molar refractivity (Wildman–Crippen MR) is 154 cm³/mol. The van der Waals surface area contributed by atoms with E-state index in [2.05, 4.69) is 26.7 Å². The number of nitrogens with zero attached hydrogens (tertiary/aromatic N) is 7. The van der Waals surface area contributed by atoms with E-state index < -0.39 is 11.8 Å². The van der Waals surface area contributed by atoms with E-state index in [4.69, 9.17) is 19.4 Å². The molecule has 0 bridgehead atoms. The normalized spacial score (nSPS) is 15.5. The van der Waals surface area contributed by atoms with Gasteiger partial charge < -0.3 is 23.7 Å². The highest BCUT2D eigenvalue weighted by Crippen LogP contribution is 2.25. The van der Waals surface area contributed by atoms with Gasteiger partial charge in [0.15, 0.2) is 6.39 Å². The molecule has 1 saturated heterocycles. The van der Waals surface area contributed by atoms with E-state index in [0.29, 0.717) is 42.4 Å². The highest BCUT2D eigenvalue weighted by atomic mass is 19.1. The number of aromatic carboxylic acids is 1. The summed E-state index contributed by atoms with van der Waals surface area (Å²) >= 11 is 0. The van der Waals surface area contributed by atoms with Crippen LogP contribution in [0.15, 0.2) is 71.6 Å². The third kappa shape index (κ3) is 6.02. The van der Waals surface area contributed by atoms with Crippen molar-refractivity contribution in [2.45, 2.75) is 32.7 Å². The largest absolute Gasteiger partial charge is 0.478 e. The van der Waals surface area contributed by atoms with E-state index in [-0.39, 0.29) is 23.8 Å². The van der Waals surface area contributed by atoms with Crippen molar-refractivity contribution in [2.24, 2.45) is 0 Å². The molecular formula is C31H28FN7O4. The zero-order valence-electron chi connectivity index (χ0n) is 23.4. The van der Waals surface area contributed by atoms with Crippen molar-refractivity contribution >= 4 is 22.8 Å². The minimum absolute atomic E-state index is 0.00119. The number of hydrogen-bond donors (Lipinski definition) is 1. The summed E-state index contributed by atoms with van der Waals surface area (Å²) < 4.78 is 27.5. The maximum Gasteiger partial charge on any atom is 0.335 e. The molecule has 11 nitrogen and oxygen atoms in total. The number of anilines is 1. The van der Waals surface area contributed by atoms with Crippen molar-refractivity contribution in [1.82, 2.24) is 24.4 Å². The van der Waals surface area contributed by atoms with Gasteiger partial charge in [0.2, 0.25) is 5.88 Å². The van der Waals surface area contributed by atoms with E-state index in [0.717, 1.165) is 30.2 Å². The van der Waals surface area contributed by atoms with Crippen LogP contribution in [-0.2, 0) is 19.7 Å². The van der Waals surface area contributed by atoms with Crippen molar-refractivity contribution in [3.05, 3.63) is 101 Å². The van der Waals surface area contributed by atoms with E-state index in [1.165, 1.54) is 12.5 Å². The van der Waals surface area contributed by atoms with Gasteiger partial charge in [-0.25, -0.2) is 19.2 Å². The van der Waals surface area contributed by atoms with Crippen LogP contribution >= 0.6 is 0 Å². The molecule has 1 aliphatic heterocycles.